The Morgan fingerprint density at radius 3 is 2.95 bits per heavy atom. The van der Waals surface area contributed by atoms with Gasteiger partial charge in [-0.2, -0.15) is 15.0 Å². The van der Waals surface area contributed by atoms with Gasteiger partial charge in [-0.3, -0.25) is 4.57 Å². The van der Waals surface area contributed by atoms with Gasteiger partial charge in [0.2, 0.25) is 17.8 Å². The Bertz CT molecular complexity index is 566. The molecular weight excluding hydrogens is 270 g/mol. The maximum Gasteiger partial charge on any atom is 0.241 e. The van der Waals surface area contributed by atoms with Gasteiger partial charge in [-0.15, -0.1) is 0 Å². The second kappa shape index (κ2) is 6.49. The molecule has 0 bridgehead atoms. The number of imidazole rings is 1. The summed E-state index contributed by atoms with van der Waals surface area (Å²) >= 11 is 0. The number of rotatable bonds is 6. The van der Waals surface area contributed by atoms with Crippen molar-refractivity contribution in [3.63, 3.8) is 0 Å². The van der Waals surface area contributed by atoms with Gasteiger partial charge in [0.1, 0.15) is 6.33 Å². The second-order valence-electron chi connectivity index (χ2n) is 4.95. The van der Waals surface area contributed by atoms with E-state index < -0.39 is 0 Å². The molecule has 0 spiro atoms. The molecule has 8 nitrogen and oxygen atoms in total. The van der Waals surface area contributed by atoms with Crippen LogP contribution in [0.4, 0.5) is 11.9 Å². The molecule has 2 aromatic rings. The van der Waals surface area contributed by atoms with Crippen molar-refractivity contribution in [2.45, 2.75) is 12.8 Å². The van der Waals surface area contributed by atoms with Gasteiger partial charge in [0.15, 0.2) is 0 Å². The molecule has 1 aliphatic rings. The summed E-state index contributed by atoms with van der Waals surface area (Å²) in [6.07, 6.45) is 7.35. The lowest BCUT2D eigenvalue weighted by atomic mass is 10.1. The number of hydrogen-bond acceptors (Lipinski definition) is 7. The fourth-order valence-electron chi connectivity index (χ4n) is 2.25. The third kappa shape index (κ3) is 3.46. The first kappa shape index (κ1) is 13.7. The molecule has 8 heteroatoms. The van der Waals surface area contributed by atoms with Crippen molar-refractivity contribution in [1.82, 2.24) is 24.5 Å². The van der Waals surface area contributed by atoms with Crippen LogP contribution in [-0.4, -0.2) is 51.3 Å². The van der Waals surface area contributed by atoms with Gasteiger partial charge < -0.3 is 15.4 Å². The predicted molar refractivity (Wildman–Crippen MR) is 78.5 cm³/mol. The topological polar surface area (TPSA) is 89.8 Å². The third-order valence-corrected chi connectivity index (χ3v) is 3.44. The zero-order chi connectivity index (χ0) is 14.5. The van der Waals surface area contributed by atoms with E-state index in [0.29, 0.717) is 23.8 Å². The van der Waals surface area contributed by atoms with Gasteiger partial charge in [0.25, 0.3) is 0 Å². The fraction of sp³-hybridized carbons (Fsp3) is 0.538. The first-order valence-electron chi connectivity index (χ1n) is 7.09. The minimum absolute atomic E-state index is 0.528. The van der Waals surface area contributed by atoms with Crippen molar-refractivity contribution in [2.75, 3.05) is 37.4 Å². The number of hydrogen-bond donors (Lipinski definition) is 2. The summed E-state index contributed by atoms with van der Waals surface area (Å²) in [6, 6.07) is 0. The van der Waals surface area contributed by atoms with E-state index in [4.69, 9.17) is 4.74 Å². The number of aromatic nitrogens is 5. The van der Waals surface area contributed by atoms with Crippen molar-refractivity contribution >= 4 is 11.9 Å². The van der Waals surface area contributed by atoms with Crippen LogP contribution in [0.25, 0.3) is 5.95 Å². The summed E-state index contributed by atoms with van der Waals surface area (Å²) in [4.78, 5) is 17.0. The van der Waals surface area contributed by atoms with Crippen molar-refractivity contribution in [3.05, 3.63) is 18.7 Å². The summed E-state index contributed by atoms with van der Waals surface area (Å²) in [5.74, 6) is 2.27. The molecule has 0 radical (unpaired) electrons. The molecule has 1 fully saturated rings. The zero-order valence-electron chi connectivity index (χ0n) is 12.0. The molecule has 1 aliphatic heterocycles. The molecule has 0 amide bonds. The van der Waals surface area contributed by atoms with E-state index in [0.717, 1.165) is 32.6 Å². The molecule has 112 valence electrons. The summed E-state index contributed by atoms with van der Waals surface area (Å²) in [7, 11) is 1.78. The van der Waals surface area contributed by atoms with Crippen molar-refractivity contribution in [1.29, 1.82) is 0 Å². The van der Waals surface area contributed by atoms with E-state index in [1.165, 1.54) is 0 Å². The van der Waals surface area contributed by atoms with Gasteiger partial charge in [0.05, 0.1) is 0 Å². The molecule has 0 saturated carbocycles. The molecule has 3 rings (SSSR count). The van der Waals surface area contributed by atoms with Crippen molar-refractivity contribution < 1.29 is 4.74 Å². The van der Waals surface area contributed by atoms with E-state index in [1.807, 2.05) is 0 Å². The Hall–Kier alpha value is -2.22. The minimum Gasteiger partial charge on any atom is -0.381 e. The van der Waals surface area contributed by atoms with E-state index in [2.05, 4.69) is 30.6 Å². The van der Waals surface area contributed by atoms with Gasteiger partial charge >= 0.3 is 0 Å². The number of nitrogens with one attached hydrogen (secondary N) is 2. The zero-order valence-corrected chi connectivity index (χ0v) is 12.0. The third-order valence-electron chi connectivity index (χ3n) is 3.44. The first-order chi connectivity index (χ1) is 10.3. The number of ether oxygens (including phenoxy) is 1. The molecule has 3 heterocycles. The van der Waals surface area contributed by atoms with E-state index in [1.54, 1.807) is 30.3 Å². The van der Waals surface area contributed by atoms with Crippen LogP contribution in [0.3, 0.4) is 0 Å². The lowest BCUT2D eigenvalue weighted by molar-refractivity contribution is 0.185. The average molecular weight is 289 g/mol. The highest BCUT2D eigenvalue weighted by Crippen LogP contribution is 2.16. The first-order valence-corrected chi connectivity index (χ1v) is 7.09. The molecule has 1 unspecified atom stereocenters. The monoisotopic (exact) mass is 289 g/mol. The Balaban J connectivity index is 1.67. The molecule has 1 atom stereocenters. The largest absolute Gasteiger partial charge is 0.381 e. The Morgan fingerprint density at radius 1 is 1.33 bits per heavy atom. The van der Waals surface area contributed by atoms with Crippen LogP contribution in [0.15, 0.2) is 18.7 Å². The average Bonchev–Trinajstić information content (AvgIpc) is 3.20. The van der Waals surface area contributed by atoms with Crippen LogP contribution in [0, 0.1) is 5.92 Å². The smallest absolute Gasteiger partial charge is 0.241 e. The van der Waals surface area contributed by atoms with Crippen LogP contribution >= 0.6 is 0 Å². The molecule has 2 aromatic heterocycles. The summed E-state index contributed by atoms with van der Waals surface area (Å²) in [5, 5.41) is 6.20. The maximum absolute atomic E-state index is 5.38. The summed E-state index contributed by atoms with van der Waals surface area (Å²) in [5.41, 5.74) is 0. The van der Waals surface area contributed by atoms with Crippen LogP contribution < -0.4 is 10.6 Å². The highest BCUT2D eigenvalue weighted by Gasteiger charge is 2.15. The van der Waals surface area contributed by atoms with Gasteiger partial charge in [-0.1, -0.05) is 0 Å². The predicted octanol–water partition coefficient (Wildman–Crippen LogP) is 0.937. The molecule has 0 aromatic carbocycles. The standard InChI is InChI=1S/C13H19N7O/c1-14-11-17-12(16-4-2-10-3-7-21-8-10)19-13(18-11)20-6-5-15-9-20/h5-6,9-10H,2-4,7-8H2,1H3,(H2,14,16,17,18,19). The van der Waals surface area contributed by atoms with Gasteiger partial charge in [0, 0.05) is 39.2 Å². The summed E-state index contributed by atoms with van der Waals surface area (Å²) in [6.45, 7) is 2.57. The van der Waals surface area contributed by atoms with E-state index in [-0.39, 0.29) is 0 Å². The van der Waals surface area contributed by atoms with Gasteiger partial charge in [-0.25, -0.2) is 4.98 Å². The lowest BCUT2D eigenvalue weighted by Crippen LogP contribution is -2.14. The van der Waals surface area contributed by atoms with E-state index >= 15 is 0 Å². The Kier molecular flexibility index (Phi) is 4.25. The molecule has 0 aliphatic carbocycles. The van der Waals surface area contributed by atoms with Crippen LogP contribution in [0.5, 0.6) is 0 Å². The van der Waals surface area contributed by atoms with Gasteiger partial charge in [-0.05, 0) is 18.8 Å². The second-order valence-corrected chi connectivity index (χ2v) is 4.95. The summed E-state index contributed by atoms with van der Waals surface area (Å²) < 4.78 is 7.12. The van der Waals surface area contributed by atoms with Crippen LogP contribution in [0.2, 0.25) is 0 Å². The van der Waals surface area contributed by atoms with Crippen LogP contribution in [0.1, 0.15) is 12.8 Å². The minimum atomic E-state index is 0.528. The molecular formula is C13H19N7O. The maximum atomic E-state index is 5.38. The normalized spacial score (nSPS) is 17.9. The van der Waals surface area contributed by atoms with Crippen LogP contribution in [-0.2, 0) is 4.74 Å². The Morgan fingerprint density at radius 2 is 2.24 bits per heavy atom. The van der Waals surface area contributed by atoms with Crippen molar-refractivity contribution in [2.24, 2.45) is 5.92 Å². The SMILES string of the molecule is CNc1nc(NCCC2CCOC2)nc(-n2ccnc2)n1. The van der Waals surface area contributed by atoms with Crippen molar-refractivity contribution in [3.8, 4) is 5.95 Å². The lowest BCUT2D eigenvalue weighted by Gasteiger charge is -2.10. The molecule has 21 heavy (non-hydrogen) atoms. The quantitative estimate of drug-likeness (QED) is 0.817. The molecule has 1 saturated heterocycles. The molecule has 2 N–H and O–H groups in total. The number of anilines is 2. The highest BCUT2D eigenvalue weighted by molar-refractivity contribution is 5.37. The Labute approximate surface area is 123 Å². The highest BCUT2D eigenvalue weighted by atomic mass is 16.5. The van der Waals surface area contributed by atoms with E-state index in [9.17, 15) is 0 Å². The number of nitrogens with zero attached hydrogens (tertiary/aromatic N) is 5. The fourth-order valence-corrected chi connectivity index (χ4v) is 2.25.